The fourth-order valence-electron chi connectivity index (χ4n) is 13.7. The van der Waals surface area contributed by atoms with Crippen molar-refractivity contribution in [3.63, 3.8) is 0 Å². The van der Waals surface area contributed by atoms with E-state index in [0.29, 0.717) is 0 Å². The van der Waals surface area contributed by atoms with E-state index in [9.17, 15) is 0 Å². The predicted molar refractivity (Wildman–Crippen MR) is 342 cm³/mol. The van der Waals surface area contributed by atoms with Gasteiger partial charge in [0.25, 0.3) is 0 Å². The summed E-state index contributed by atoms with van der Waals surface area (Å²) >= 11 is 0. The van der Waals surface area contributed by atoms with Gasteiger partial charge in [-0.1, -0.05) is 169 Å². The maximum atomic E-state index is 5.02. The molecule has 0 unspecified atom stereocenters. The number of pyridine rings is 2. The number of nitrogens with zero attached hydrogens (tertiary/aromatic N) is 4. The van der Waals surface area contributed by atoms with Gasteiger partial charge in [-0.3, -0.25) is 9.97 Å². The summed E-state index contributed by atoms with van der Waals surface area (Å²) in [4.78, 5) is 17.6. The molecule has 0 radical (unpaired) electrons. The summed E-state index contributed by atoms with van der Waals surface area (Å²) in [6.07, 6.45) is 8.25. The summed E-state index contributed by atoms with van der Waals surface area (Å²) in [6.45, 7) is 2.00. The summed E-state index contributed by atoms with van der Waals surface area (Å²) < 4.78 is 2.43. The van der Waals surface area contributed by atoms with E-state index in [4.69, 9.17) is 9.97 Å². The molecule has 3 aromatic heterocycles. The van der Waals surface area contributed by atoms with Crippen LogP contribution in [-0.4, -0.2) is 21.2 Å². The Morgan fingerprint density at radius 2 is 0.852 bits per heavy atom. The molecule has 12 aromatic carbocycles. The van der Waals surface area contributed by atoms with Gasteiger partial charge in [0.1, 0.15) is 0 Å². The zero-order valence-corrected chi connectivity index (χ0v) is 45.3. The molecule has 0 atom stereocenters. The van der Waals surface area contributed by atoms with Gasteiger partial charge < -0.3 is 9.47 Å². The molecule has 15 aromatic rings. The standard InChI is InChI=1S/C75H51BN4S/c1-50-43-52(45-57(44-50)80-70-35-18-16-32-61(70)62-33-17-19-36-71(62)80)51-37-38-64-67(46-51)69-49-78-42-40-66(69)75-73(64)76(53-21-20-26-56(47-53)79(54-22-6-2-7-23-54)55-24-8-3-9-25-55)72-63-34-15-14-31-60(63)68-48-77-41-39-65(68)74(72)81(75,58-27-10-4-11-28-58)59-29-12-5-13-30-59/h2-49H,1H3. The van der Waals surface area contributed by atoms with Crippen molar-refractivity contribution in [2.24, 2.45) is 0 Å². The first kappa shape index (κ1) is 47.0. The highest BCUT2D eigenvalue weighted by Crippen LogP contribution is 2.76. The molecule has 0 fully saturated rings. The second-order valence-corrected chi connectivity index (χ2v) is 24.3. The highest BCUT2D eigenvalue weighted by atomic mass is 32.3. The molecule has 6 heteroatoms. The van der Waals surface area contributed by atoms with E-state index in [1.165, 1.54) is 101 Å². The summed E-state index contributed by atoms with van der Waals surface area (Å²) in [6, 6.07) is 99.4. The average molecular weight is 1050 g/mol. The van der Waals surface area contributed by atoms with Crippen molar-refractivity contribution >= 4 is 115 Å². The molecule has 380 valence electrons. The van der Waals surface area contributed by atoms with E-state index >= 15 is 0 Å². The van der Waals surface area contributed by atoms with Crippen LogP contribution in [0, 0.1) is 6.92 Å². The van der Waals surface area contributed by atoms with Gasteiger partial charge >= 0.3 is 0 Å². The van der Waals surface area contributed by atoms with Crippen molar-refractivity contribution in [1.82, 2.24) is 14.5 Å². The quantitative estimate of drug-likeness (QED) is 0.112. The van der Waals surface area contributed by atoms with Crippen molar-refractivity contribution in [2.45, 2.75) is 26.5 Å². The van der Waals surface area contributed by atoms with E-state index < -0.39 is 10.0 Å². The molecule has 1 aliphatic rings. The fourth-order valence-corrected chi connectivity index (χ4v) is 18.3. The SMILES string of the molecule is Cc1cc(-c2ccc3c4c(c5ccncc5c3c2)S(c2ccccc2)(c2ccccc2)c2c(c3ccccc3c3cnccc23)B4c2cccc(N(c3ccccc3)c3ccccc3)c2)cc(-n2c3ccccc3c3ccccc32)c1. The molecule has 0 aliphatic carbocycles. The van der Waals surface area contributed by atoms with Crippen LogP contribution in [0.15, 0.2) is 311 Å². The van der Waals surface area contributed by atoms with Crippen LogP contribution >= 0.6 is 10.0 Å². The summed E-state index contributed by atoms with van der Waals surface area (Å²) in [5.41, 5.74) is 14.2. The third-order valence-electron chi connectivity index (χ3n) is 16.8. The Morgan fingerprint density at radius 1 is 0.358 bits per heavy atom. The van der Waals surface area contributed by atoms with Crippen LogP contribution in [0.5, 0.6) is 0 Å². The van der Waals surface area contributed by atoms with Gasteiger partial charge in [-0.15, -0.1) is 10.0 Å². The first-order valence-electron chi connectivity index (χ1n) is 27.8. The Kier molecular flexibility index (Phi) is 10.9. The predicted octanol–water partition coefficient (Wildman–Crippen LogP) is 17.8. The number of para-hydroxylation sites is 4. The van der Waals surface area contributed by atoms with Crippen LogP contribution in [0.25, 0.3) is 81.7 Å². The molecule has 1 aliphatic heterocycles. The van der Waals surface area contributed by atoms with Gasteiger partial charge in [-0.05, 0) is 170 Å². The van der Waals surface area contributed by atoms with Crippen LogP contribution in [-0.2, 0) is 0 Å². The monoisotopic (exact) mass is 1050 g/mol. The molecule has 0 bridgehead atoms. The van der Waals surface area contributed by atoms with Crippen molar-refractivity contribution < 1.29 is 0 Å². The fraction of sp³-hybridized carbons (Fsp3) is 0.0133. The minimum absolute atomic E-state index is 0.231. The lowest BCUT2D eigenvalue weighted by molar-refractivity contribution is 1.17. The Labute approximate surface area is 472 Å². The number of rotatable bonds is 8. The minimum atomic E-state index is -2.37. The molecule has 16 rings (SSSR count). The average Bonchev–Trinajstić information content (AvgIpc) is 2.42. The highest BCUT2D eigenvalue weighted by molar-refractivity contribution is 8.34. The van der Waals surface area contributed by atoms with E-state index in [2.05, 4.69) is 296 Å². The van der Waals surface area contributed by atoms with E-state index in [-0.39, 0.29) is 6.71 Å². The van der Waals surface area contributed by atoms with Gasteiger partial charge in [0.15, 0.2) is 0 Å². The third kappa shape index (κ3) is 7.20. The Morgan fingerprint density at radius 3 is 1.44 bits per heavy atom. The topological polar surface area (TPSA) is 34.0 Å². The molecule has 0 saturated heterocycles. The number of anilines is 3. The minimum Gasteiger partial charge on any atom is -0.311 e. The number of benzene rings is 12. The van der Waals surface area contributed by atoms with Gasteiger partial charge in [0.05, 0.1) is 11.0 Å². The van der Waals surface area contributed by atoms with Crippen molar-refractivity contribution in [3.8, 4) is 16.8 Å². The number of hydrogen-bond donors (Lipinski definition) is 0. The second kappa shape index (κ2) is 18.8. The Balaban J connectivity index is 1.06. The van der Waals surface area contributed by atoms with Crippen LogP contribution in [0.1, 0.15) is 5.56 Å². The first-order valence-corrected chi connectivity index (χ1v) is 29.4. The maximum absolute atomic E-state index is 5.02. The number of aromatic nitrogens is 3. The molecule has 0 amide bonds. The summed E-state index contributed by atoms with van der Waals surface area (Å²) in [5, 5.41) is 12.0. The lowest BCUT2D eigenvalue weighted by Gasteiger charge is -2.50. The van der Waals surface area contributed by atoms with Crippen LogP contribution < -0.4 is 21.3 Å². The second-order valence-electron chi connectivity index (χ2n) is 21.3. The summed E-state index contributed by atoms with van der Waals surface area (Å²) in [7, 11) is -2.37. The first-order chi connectivity index (χ1) is 40.1. The largest absolute Gasteiger partial charge is 0.311 e. The smallest absolute Gasteiger partial charge is 0.245 e. The maximum Gasteiger partial charge on any atom is 0.245 e. The number of aryl methyl sites for hydroxylation is 1. The van der Waals surface area contributed by atoms with Crippen molar-refractivity contribution in [3.05, 3.63) is 297 Å². The lowest BCUT2D eigenvalue weighted by Crippen LogP contribution is -2.57. The van der Waals surface area contributed by atoms with Crippen molar-refractivity contribution in [1.29, 1.82) is 0 Å². The van der Waals surface area contributed by atoms with Gasteiger partial charge in [0.2, 0.25) is 6.71 Å². The summed E-state index contributed by atoms with van der Waals surface area (Å²) in [5.74, 6) is 0. The van der Waals surface area contributed by atoms with E-state index in [1.807, 2.05) is 12.4 Å². The molecule has 0 spiro atoms. The molecule has 4 nitrogen and oxygen atoms in total. The molecule has 0 N–H and O–H groups in total. The Bertz CT molecular complexity index is 4830. The number of hydrogen-bond acceptors (Lipinski definition) is 3. The Hall–Kier alpha value is -10.0. The third-order valence-corrected chi connectivity index (χ3v) is 20.9. The van der Waals surface area contributed by atoms with Crippen LogP contribution in [0.4, 0.5) is 17.1 Å². The van der Waals surface area contributed by atoms with Crippen molar-refractivity contribution in [2.75, 3.05) is 4.90 Å². The molecule has 0 saturated carbocycles. The van der Waals surface area contributed by atoms with Crippen LogP contribution in [0.3, 0.4) is 0 Å². The zero-order chi connectivity index (χ0) is 53.6. The lowest BCUT2D eigenvalue weighted by atomic mass is 9.35. The van der Waals surface area contributed by atoms with E-state index in [0.717, 1.165) is 39.1 Å². The molecule has 4 heterocycles. The normalized spacial score (nSPS) is 13.2. The molecular weight excluding hydrogens is 1000 g/mol. The van der Waals surface area contributed by atoms with Gasteiger partial charge in [-0.2, -0.15) is 0 Å². The number of fused-ring (bicyclic) bond motifs is 15. The molecular formula is C75H51BN4S. The van der Waals surface area contributed by atoms with Gasteiger partial charge in [-0.25, -0.2) is 0 Å². The zero-order valence-electron chi connectivity index (χ0n) is 44.5. The highest BCUT2D eigenvalue weighted by Gasteiger charge is 2.49. The van der Waals surface area contributed by atoms with Crippen LogP contribution in [0.2, 0.25) is 0 Å². The molecule has 81 heavy (non-hydrogen) atoms. The van der Waals surface area contributed by atoms with E-state index in [1.54, 1.807) is 0 Å². The van der Waals surface area contributed by atoms with Gasteiger partial charge in [0, 0.05) is 88.7 Å².